The molecule has 0 aromatic carbocycles. The summed E-state index contributed by atoms with van der Waals surface area (Å²) in [4.78, 5) is 0. The summed E-state index contributed by atoms with van der Waals surface area (Å²) in [5, 5.41) is 0. The largest absolute Gasteiger partial charge is 0.326 e. The third-order valence-corrected chi connectivity index (χ3v) is 4.80. The second-order valence-corrected chi connectivity index (χ2v) is 7.82. The molecule has 3 nitrogen and oxygen atoms in total. The minimum absolute atomic E-state index is 0.202. The molecule has 0 aliphatic rings. The summed E-state index contributed by atoms with van der Waals surface area (Å²) in [5.74, 6) is 0. The van der Waals surface area contributed by atoms with Crippen LogP contribution < -0.4 is 5.73 Å². The first-order chi connectivity index (χ1) is 5.40. The molecule has 0 rings (SSSR count). The molecule has 0 aromatic heterocycles. The molecule has 13 heavy (non-hydrogen) atoms. The summed E-state index contributed by atoms with van der Waals surface area (Å²) in [6, 6.07) is -0.366. The van der Waals surface area contributed by atoms with Gasteiger partial charge in [0.2, 0.25) is 0 Å². The van der Waals surface area contributed by atoms with Crippen molar-refractivity contribution in [2.24, 2.45) is 11.1 Å². The van der Waals surface area contributed by atoms with Crippen LogP contribution >= 0.6 is 0 Å². The Morgan fingerprint density at radius 2 is 1.38 bits per heavy atom. The Morgan fingerprint density at radius 3 is 1.46 bits per heavy atom. The summed E-state index contributed by atoms with van der Waals surface area (Å²) in [7, 11) is -3.11. The minimum atomic E-state index is -3.11. The van der Waals surface area contributed by atoms with E-state index in [-0.39, 0.29) is 11.5 Å². The third-order valence-electron chi connectivity index (χ3n) is 2.64. The van der Waals surface area contributed by atoms with Gasteiger partial charge < -0.3 is 5.73 Å². The van der Waals surface area contributed by atoms with Crippen LogP contribution in [0.3, 0.4) is 0 Å². The predicted molar refractivity (Wildman–Crippen MR) is 56.4 cm³/mol. The normalized spacial score (nSPS) is 17.2. The number of hydrogen-bond donors (Lipinski definition) is 1. The molecule has 0 radical (unpaired) electrons. The van der Waals surface area contributed by atoms with E-state index in [1.54, 1.807) is 13.8 Å². The maximum Gasteiger partial charge on any atom is 0.154 e. The highest BCUT2D eigenvalue weighted by molar-refractivity contribution is 7.92. The van der Waals surface area contributed by atoms with Crippen molar-refractivity contribution in [3.63, 3.8) is 0 Å². The van der Waals surface area contributed by atoms with Crippen LogP contribution in [0.4, 0.5) is 0 Å². The van der Waals surface area contributed by atoms with E-state index in [0.29, 0.717) is 0 Å². The summed E-state index contributed by atoms with van der Waals surface area (Å²) < 4.78 is 22.1. The quantitative estimate of drug-likeness (QED) is 0.739. The maximum absolute atomic E-state index is 11.5. The molecule has 1 atom stereocenters. The van der Waals surface area contributed by atoms with Crippen molar-refractivity contribution in [1.29, 1.82) is 0 Å². The molecular weight excluding hydrogens is 186 g/mol. The number of rotatable bonds is 2. The van der Waals surface area contributed by atoms with Gasteiger partial charge in [0, 0.05) is 12.3 Å². The Balaban J connectivity index is 5.09. The van der Waals surface area contributed by atoms with E-state index in [1.807, 2.05) is 20.8 Å². The van der Waals surface area contributed by atoms with Crippen molar-refractivity contribution in [3.8, 4) is 0 Å². The molecule has 4 heteroatoms. The van der Waals surface area contributed by atoms with Crippen molar-refractivity contribution in [2.45, 2.75) is 45.4 Å². The lowest BCUT2D eigenvalue weighted by Crippen LogP contribution is -2.55. The van der Waals surface area contributed by atoms with Crippen LogP contribution in [0.2, 0.25) is 0 Å². The Labute approximate surface area is 81.6 Å². The van der Waals surface area contributed by atoms with Gasteiger partial charge in [0.05, 0.1) is 4.75 Å². The van der Waals surface area contributed by atoms with Crippen LogP contribution in [0.25, 0.3) is 0 Å². The molecule has 0 aliphatic heterocycles. The minimum Gasteiger partial charge on any atom is -0.326 e. The highest BCUT2D eigenvalue weighted by Crippen LogP contribution is 2.30. The first-order valence-electron chi connectivity index (χ1n) is 4.36. The van der Waals surface area contributed by atoms with Crippen molar-refractivity contribution in [1.82, 2.24) is 0 Å². The second-order valence-electron chi connectivity index (χ2n) is 5.22. The van der Waals surface area contributed by atoms with Crippen molar-refractivity contribution in [3.05, 3.63) is 0 Å². The Morgan fingerprint density at radius 1 is 1.08 bits per heavy atom. The first-order valence-corrected chi connectivity index (χ1v) is 6.25. The van der Waals surface area contributed by atoms with Gasteiger partial charge >= 0.3 is 0 Å². The topological polar surface area (TPSA) is 60.2 Å². The van der Waals surface area contributed by atoms with E-state index >= 15 is 0 Å². The Hall–Kier alpha value is -0.0900. The van der Waals surface area contributed by atoms with Gasteiger partial charge in [0.15, 0.2) is 9.84 Å². The van der Waals surface area contributed by atoms with Gasteiger partial charge in [0.1, 0.15) is 0 Å². The average molecular weight is 207 g/mol. The van der Waals surface area contributed by atoms with Gasteiger partial charge in [-0.25, -0.2) is 8.42 Å². The fourth-order valence-corrected chi connectivity index (χ4v) is 2.09. The van der Waals surface area contributed by atoms with E-state index in [1.165, 1.54) is 6.26 Å². The van der Waals surface area contributed by atoms with Gasteiger partial charge in [-0.05, 0) is 19.3 Å². The van der Waals surface area contributed by atoms with Crippen LogP contribution in [-0.4, -0.2) is 25.5 Å². The molecule has 0 heterocycles. The molecule has 0 saturated carbocycles. The predicted octanol–water partition coefficient (Wildman–Crippen LogP) is 1.18. The molecule has 1 unspecified atom stereocenters. The van der Waals surface area contributed by atoms with Gasteiger partial charge in [-0.2, -0.15) is 0 Å². The summed E-state index contributed by atoms with van der Waals surface area (Å²) in [6.45, 7) is 9.20. The molecule has 0 amide bonds. The van der Waals surface area contributed by atoms with Crippen molar-refractivity contribution < 1.29 is 8.42 Å². The van der Waals surface area contributed by atoms with Crippen LogP contribution in [0.15, 0.2) is 0 Å². The number of sulfone groups is 1. The van der Waals surface area contributed by atoms with Crippen LogP contribution in [0.5, 0.6) is 0 Å². The highest BCUT2D eigenvalue weighted by atomic mass is 32.2. The second kappa shape index (κ2) is 3.24. The first kappa shape index (κ1) is 12.9. The SMILES string of the molecule is CC(C)(C)C(N)C(C)(C)S(C)(=O)=O. The molecular formula is C9H21NO2S. The van der Waals surface area contributed by atoms with Gasteiger partial charge in [-0.3, -0.25) is 0 Å². The summed E-state index contributed by atoms with van der Waals surface area (Å²) >= 11 is 0. The van der Waals surface area contributed by atoms with Gasteiger partial charge in [-0.1, -0.05) is 20.8 Å². The third kappa shape index (κ3) is 2.68. The summed E-state index contributed by atoms with van der Waals surface area (Å²) in [6.07, 6.45) is 1.23. The van der Waals surface area contributed by atoms with E-state index < -0.39 is 14.6 Å². The van der Waals surface area contributed by atoms with E-state index in [4.69, 9.17) is 5.73 Å². The molecule has 80 valence electrons. The number of hydrogen-bond acceptors (Lipinski definition) is 3. The maximum atomic E-state index is 11.5. The molecule has 2 N–H and O–H groups in total. The lowest BCUT2D eigenvalue weighted by molar-refractivity contribution is 0.271. The zero-order valence-corrected chi connectivity index (χ0v) is 10.2. The van der Waals surface area contributed by atoms with Gasteiger partial charge in [0.25, 0.3) is 0 Å². The fourth-order valence-electron chi connectivity index (χ4n) is 1.27. The van der Waals surface area contributed by atoms with Crippen molar-refractivity contribution >= 4 is 9.84 Å². The molecule has 0 aromatic rings. The standard InChI is InChI=1S/C9H21NO2S/c1-8(2,3)7(10)9(4,5)13(6,11)12/h7H,10H2,1-6H3. The fraction of sp³-hybridized carbons (Fsp3) is 1.00. The molecule has 0 aliphatic carbocycles. The lowest BCUT2D eigenvalue weighted by Gasteiger charge is -2.38. The van der Waals surface area contributed by atoms with E-state index in [9.17, 15) is 8.42 Å². The molecule has 0 spiro atoms. The lowest BCUT2D eigenvalue weighted by atomic mass is 9.80. The van der Waals surface area contributed by atoms with E-state index in [2.05, 4.69) is 0 Å². The zero-order valence-electron chi connectivity index (χ0n) is 9.38. The number of nitrogens with two attached hydrogens (primary N) is 1. The Bertz CT molecular complexity index is 272. The molecule has 0 saturated heterocycles. The molecule has 0 bridgehead atoms. The van der Waals surface area contributed by atoms with Gasteiger partial charge in [-0.15, -0.1) is 0 Å². The van der Waals surface area contributed by atoms with Crippen LogP contribution in [0, 0.1) is 5.41 Å². The van der Waals surface area contributed by atoms with Crippen LogP contribution in [-0.2, 0) is 9.84 Å². The monoisotopic (exact) mass is 207 g/mol. The van der Waals surface area contributed by atoms with E-state index in [0.717, 1.165) is 0 Å². The van der Waals surface area contributed by atoms with Crippen molar-refractivity contribution in [2.75, 3.05) is 6.26 Å². The Kier molecular flexibility index (Phi) is 3.22. The molecule has 0 fully saturated rings. The average Bonchev–Trinajstić information content (AvgIpc) is 1.81. The van der Waals surface area contributed by atoms with Crippen LogP contribution in [0.1, 0.15) is 34.6 Å². The summed E-state index contributed by atoms with van der Waals surface area (Å²) in [5.41, 5.74) is 5.73. The highest BCUT2D eigenvalue weighted by Gasteiger charge is 2.42. The zero-order chi connectivity index (χ0) is 11.1. The smallest absolute Gasteiger partial charge is 0.154 e.